The maximum absolute atomic E-state index is 11.8. The molecule has 0 aromatic heterocycles. The van der Waals surface area contributed by atoms with Crippen molar-refractivity contribution in [3.8, 4) is 5.75 Å². The number of hydrogen-bond acceptors (Lipinski definition) is 3. The quantitative estimate of drug-likeness (QED) is 0.631. The van der Waals surface area contributed by atoms with Crippen LogP contribution in [0.3, 0.4) is 0 Å². The molecule has 0 heterocycles. The Labute approximate surface area is 89.5 Å². The Morgan fingerprint density at radius 2 is 2.00 bits per heavy atom. The number of carbonyl (C=O) groups excluding carboxylic acids is 1. The van der Waals surface area contributed by atoms with Crippen molar-refractivity contribution in [1.82, 2.24) is 0 Å². The van der Waals surface area contributed by atoms with Crippen LogP contribution in [0.4, 0.5) is 13.2 Å². The molecule has 0 N–H and O–H groups in total. The SMILES string of the molecule is CC(=O)c1ccc(OC(F)(F)F)cc1S. The third-order valence-corrected chi connectivity index (χ3v) is 1.95. The number of thiol groups is 1. The molecule has 0 saturated carbocycles. The van der Waals surface area contributed by atoms with Gasteiger partial charge in [-0.2, -0.15) is 0 Å². The average Bonchev–Trinajstić information content (AvgIpc) is 1.99. The number of halogens is 3. The number of ether oxygens (including phenoxy) is 1. The largest absolute Gasteiger partial charge is 0.573 e. The van der Waals surface area contributed by atoms with Crippen molar-refractivity contribution in [2.75, 3.05) is 0 Å². The van der Waals surface area contributed by atoms with Gasteiger partial charge in [0, 0.05) is 10.5 Å². The zero-order valence-corrected chi connectivity index (χ0v) is 8.52. The van der Waals surface area contributed by atoms with Gasteiger partial charge in [-0.15, -0.1) is 25.8 Å². The summed E-state index contributed by atoms with van der Waals surface area (Å²) in [7, 11) is 0. The summed E-state index contributed by atoms with van der Waals surface area (Å²) >= 11 is 3.89. The van der Waals surface area contributed by atoms with Crippen molar-refractivity contribution in [3.63, 3.8) is 0 Å². The van der Waals surface area contributed by atoms with E-state index in [-0.39, 0.29) is 16.2 Å². The van der Waals surface area contributed by atoms with Crippen LogP contribution in [0.5, 0.6) is 5.75 Å². The second-order valence-electron chi connectivity index (χ2n) is 2.78. The Hall–Kier alpha value is -1.17. The first-order valence-corrected chi connectivity index (χ1v) is 4.34. The van der Waals surface area contributed by atoms with Gasteiger partial charge < -0.3 is 4.74 Å². The van der Waals surface area contributed by atoms with Crippen molar-refractivity contribution in [2.24, 2.45) is 0 Å². The van der Waals surface area contributed by atoms with Gasteiger partial charge in [-0.25, -0.2) is 0 Å². The molecule has 1 rings (SSSR count). The highest BCUT2D eigenvalue weighted by Crippen LogP contribution is 2.26. The van der Waals surface area contributed by atoms with E-state index in [1.54, 1.807) is 0 Å². The molecule has 1 aromatic rings. The van der Waals surface area contributed by atoms with E-state index in [1.807, 2.05) is 0 Å². The predicted octanol–water partition coefficient (Wildman–Crippen LogP) is 3.08. The molecule has 0 saturated heterocycles. The van der Waals surface area contributed by atoms with E-state index in [0.717, 1.165) is 12.1 Å². The lowest BCUT2D eigenvalue weighted by molar-refractivity contribution is -0.274. The smallest absolute Gasteiger partial charge is 0.406 e. The van der Waals surface area contributed by atoms with Gasteiger partial charge >= 0.3 is 6.36 Å². The summed E-state index contributed by atoms with van der Waals surface area (Å²) in [6.07, 6.45) is -4.74. The van der Waals surface area contributed by atoms with Crippen molar-refractivity contribution in [2.45, 2.75) is 18.2 Å². The number of benzene rings is 1. The van der Waals surface area contributed by atoms with Crippen LogP contribution in [0.15, 0.2) is 23.1 Å². The lowest BCUT2D eigenvalue weighted by Crippen LogP contribution is -2.17. The van der Waals surface area contributed by atoms with E-state index in [4.69, 9.17) is 0 Å². The topological polar surface area (TPSA) is 26.3 Å². The second-order valence-corrected chi connectivity index (χ2v) is 3.26. The maximum Gasteiger partial charge on any atom is 0.573 e. The normalized spacial score (nSPS) is 11.3. The van der Waals surface area contributed by atoms with E-state index >= 15 is 0 Å². The zero-order chi connectivity index (χ0) is 11.6. The van der Waals surface area contributed by atoms with Gasteiger partial charge in [0.1, 0.15) is 5.75 Å². The Bertz CT molecular complexity index is 387. The van der Waals surface area contributed by atoms with E-state index in [0.29, 0.717) is 0 Å². The van der Waals surface area contributed by atoms with Crippen LogP contribution in [0.1, 0.15) is 17.3 Å². The summed E-state index contributed by atoms with van der Waals surface area (Å²) in [6, 6.07) is 3.36. The third-order valence-electron chi connectivity index (χ3n) is 1.58. The summed E-state index contributed by atoms with van der Waals surface area (Å²) in [5.74, 6) is -0.656. The zero-order valence-electron chi connectivity index (χ0n) is 7.63. The molecule has 82 valence electrons. The van der Waals surface area contributed by atoms with Crippen LogP contribution in [0.25, 0.3) is 0 Å². The summed E-state index contributed by atoms with van der Waals surface area (Å²) in [5.41, 5.74) is 0.257. The Balaban J connectivity index is 2.97. The summed E-state index contributed by atoms with van der Waals surface area (Å²) in [5, 5.41) is 0. The number of rotatable bonds is 2. The molecule has 1 aromatic carbocycles. The Morgan fingerprint density at radius 3 is 2.40 bits per heavy atom. The van der Waals surface area contributed by atoms with Crippen LogP contribution in [0, 0.1) is 0 Å². The molecule has 0 fully saturated rings. The molecule has 2 nitrogen and oxygen atoms in total. The second kappa shape index (κ2) is 4.14. The fourth-order valence-electron chi connectivity index (χ4n) is 1.01. The highest BCUT2D eigenvalue weighted by Gasteiger charge is 2.31. The Morgan fingerprint density at radius 1 is 1.40 bits per heavy atom. The molecule has 0 unspecified atom stereocenters. The lowest BCUT2D eigenvalue weighted by atomic mass is 10.1. The van der Waals surface area contributed by atoms with Crippen LogP contribution in [-0.4, -0.2) is 12.1 Å². The maximum atomic E-state index is 11.8. The summed E-state index contributed by atoms with van der Waals surface area (Å²) in [6.45, 7) is 1.30. The first-order valence-electron chi connectivity index (χ1n) is 3.89. The number of hydrogen-bond donors (Lipinski definition) is 1. The first kappa shape index (κ1) is 11.9. The molecule has 0 atom stereocenters. The van der Waals surface area contributed by atoms with Crippen LogP contribution >= 0.6 is 12.6 Å². The number of Topliss-reactive ketones (excluding diaryl/α,β-unsaturated/α-hetero) is 1. The predicted molar refractivity (Wildman–Crippen MR) is 50.4 cm³/mol. The van der Waals surface area contributed by atoms with Crippen LogP contribution in [-0.2, 0) is 0 Å². The van der Waals surface area contributed by atoms with Crippen LogP contribution < -0.4 is 4.74 Å². The van der Waals surface area contributed by atoms with Crippen molar-refractivity contribution >= 4 is 18.4 Å². The standard InChI is InChI=1S/C9H7F3O2S/c1-5(13)7-3-2-6(4-8(7)15)14-9(10,11)12/h2-4,15H,1H3. The molecule has 15 heavy (non-hydrogen) atoms. The molecule has 0 amide bonds. The molecule has 0 spiro atoms. The minimum Gasteiger partial charge on any atom is -0.406 e. The van der Waals surface area contributed by atoms with Gasteiger partial charge in [-0.1, -0.05) is 0 Å². The fourth-order valence-corrected chi connectivity index (χ4v) is 1.37. The van der Waals surface area contributed by atoms with E-state index in [1.165, 1.54) is 13.0 Å². The molecule has 6 heteroatoms. The monoisotopic (exact) mass is 236 g/mol. The van der Waals surface area contributed by atoms with Crippen molar-refractivity contribution in [1.29, 1.82) is 0 Å². The van der Waals surface area contributed by atoms with Gasteiger partial charge in [0.2, 0.25) is 0 Å². The number of ketones is 1. The van der Waals surface area contributed by atoms with Crippen LogP contribution in [0.2, 0.25) is 0 Å². The minimum absolute atomic E-state index is 0.157. The minimum atomic E-state index is -4.74. The summed E-state index contributed by atoms with van der Waals surface area (Å²) < 4.78 is 39.1. The third kappa shape index (κ3) is 3.47. The molecular weight excluding hydrogens is 229 g/mol. The first-order chi connectivity index (χ1) is 6.79. The van der Waals surface area contributed by atoms with Gasteiger partial charge in [0.05, 0.1) is 0 Å². The van der Waals surface area contributed by atoms with Crippen molar-refractivity contribution in [3.05, 3.63) is 23.8 Å². The fraction of sp³-hybridized carbons (Fsp3) is 0.222. The van der Waals surface area contributed by atoms with E-state index in [9.17, 15) is 18.0 Å². The molecule has 0 aliphatic rings. The van der Waals surface area contributed by atoms with Gasteiger partial charge in [-0.05, 0) is 25.1 Å². The highest BCUT2D eigenvalue weighted by molar-refractivity contribution is 7.80. The highest BCUT2D eigenvalue weighted by atomic mass is 32.1. The van der Waals surface area contributed by atoms with Gasteiger partial charge in [0.25, 0.3) is 0 Å². The molecule has 0 aliphatic carbocycles. The molecule has 0 aliphatic heterocycles. The van der Waals surface area contributed by atoms with Gasteiger partial charge in [0.15, 0.2) is 5.78 Å². The average molecular weight is 236 g/mol. The van der Waals surface area contributed by atoms with Gasteiger partial charge in [-0.3, -0.25) is 4.79 Å². The summed E-state index contributed by atoms with van der Waals surface area (Å²) in [4.78, 5) is 11.1. The van der Waals surface area contributed by atoms with E-state index < -0.39 is 12.1 Å². The molecule has 0 radical (unpaired) electrons. The Kier molecular flexibility index (Phi) is 3.28. The number of alkyl halides is 3. The number of carbonyl (C=O) groups is 1. The molecule has 0 bridgehead atoms. The molecular formula is C9H7F3O2S. The van der Waals surface area contributed by atoms with E-state index in [2.05, 4.69) is 17.4 Å². The lowest BCUT2D eigenvalue weighted by Gasteiger charge is -2.10. The van der Waals surface area contributed by atoms with Crippen molar-refractivity contribution < 1.29 is 22.7 Å².